The Morgan fingerprint density at radius 1 is 1.52 bits per heavy atom. The van der Waals surface area contributed by atoms with Crippen molar-refractivity contribution < 1.29 is 19.2 Å². The zero-order chi connectivity index (χ0) is 15.6. The van der Waals surface area contributed by atoms with Gasteiger partial charge in [0.2, 0.25) is 0 Å². The van der Waals surface area contributed by atoms with Gasteiger partial charge in [-0.3, -0.25) is 14.9 Å². The molecule has 0 saturated carbocycles. The highest BCUT2D eigenvalue weighted by molar-refractivity contribution is 5.95. The first-order chi connectivity index (χ1) is 9.78. The second-order valence-electron chi connectivity index (χ2n) is 5.42. The Bertz CT molecular complexity index is 570. The van der Waals surface area contributed by atoms with Crippen LogP contribution in [0, 0.1) is 17.0 Å². The smallest absolute Gasteiger partial charge is 0.269 e. The molecule has 21 heavy (non-hydrogen) atoms. The van der Waals surface area contributed by atoms with Gasteiger partial charge >= 0.3 is 0 Å². The molecule has 7 heteroatoms. The Morgan fingerprint density at radius 2 is 2.24 bits per heavy atom. The van der Waals surface area contributed by atoms with Gasteiger partial charge in [-0.25, -0.2) is 0 Å². The molecule has 1 aromatic carbocycles. The van der Waals surface area contributed by atoms with Crippen molar-refractivity contribution in [2.24, 2.45) is 0 Å². The third-order valence-electron chi connectivity index (χ3n) is 3.22. The quantitative estimate of drug-likeness (QED) is 0.675. The van der Waals surface area contributed by atoms with Crippen molar-refractivity contribution in [1.29, 1.82) is 0 Å². The molecule has 0 aliphatic carbocycles. The van der Waals surface area contributed by atoms with E-state index in [4.69, 9.17) is 9.47 Å². The lowest BCUT2D eigenvalue weighted by Gasteiger charge is -2.17. The summed E-state index contributed by atoms with van der Waals surface area (Å²) in [7, 11) is 0. The number of nitrogens with zero attached hydrogens (tertiary/aromatic N) is 1. The fourth-order valence-corrected chi connectivity index (χ4v) is 2.18. The molecule has 1 aromatic rings. The maximum atomic E-state index is 12.1. The summed E-state index contributed by atoms with van der Waals surface area (Å²) < 4.78 is 11.0. The minimum atomic E-state index is -0.626. The van der Waals surface area contributed by atoms with E-state index in [0.29, 0.717) is 24.3 Å². The van der Waals surface area contributed by atoms with Crippen molar-refractivity contribution in [3.63, 3.8) is 0 Å². The summed E-state index contributed by atoms with van der Waals surface area (Å²) in [6, 6.07) is 4.16. The molecular formula is C14H18N2O5. The van der Waals surface area contributed by atoms with E-state index < -0.39 is 10.7 Å². The average Bonchev–Trinajstić information content (AvgIpc) is 2.75. The Morgan fingerprint density at radius 3 is 2.76 bits per heavy atom. The summed E-state index contributed by atoms with van der Waals surface area (Å²) in [4.78, 5) is 22.3. The Labute approximate surface area is 122 Å². The number of hydrogen-bond acceptors (Lipinski definition) is 5. The molecule has 1 atom stereocenters. The standard InChI is InChI=1S/C14H18N2O5/c1-9-6-10(16(18)19)4-5-12(9)13(17)15-7-11-8-20-14(2,3)21-11/h4-6,11H,7-8H2,1-3H3,(H,15,17). The first-order valence-corrected chi connectivity index (χ1v) is 6.63. The Hall–Kier alpha value is -1.99. The van der Waals surface area contributed by atoms with Gasteiger partial charge in [-0.05, 0) is 32.4 Å². The zero-order valence-electron chi connectivity index (χ0n) is 12.2. The number of nitrogens with one attached hydrogen (secondary N) is 1. The van der Waals surface area contributed by atoms with Gasteiger partial charge in [-0.1, -0.05) is 0 Å². The fraction of sp³-hybridized carbons (Fsp3) is 0.500. The predicted molar refractivity (Wildman–Crippen MR) is 75.1 cm³/mol. The third kappa shape index (κ3) is 3.77. The van der Waals surface area contributed by atoms with Crippen LogP contribution in [0.1, 0.15) is 29.8 Å². The molecule has 114 valence electrons. The number of benzene rings is 1. The zero-order valence-corrected chi connectivity index (χ0v) is 12.2. The van der Waals surface area contributed by atoms with E-state index >= 15 is 0 Å². The molecule has 1 N–H and O–H groups in total. The number of hydrogen-bond donors (Lipinski definition) is 1. The number of nitro benzene ring substituents is 1. The molecule has 1 fully saturated rings. The highest BCUT2D eigenvalue weighted by Crippen LogP contribution is 2.22. The molecular weight excluding hydrogens is 276 g/mol. The lowest BCUT2D eigenvalue weighted by molar-refractivity contribution is -0.384. The van der Waals surface area contributed by atoms with Gasteiger partial charge in [0.1, 0.15) is 6.10 Å². The van der Waals surface area contributed by atoms with Gasteiger partial charge in [-0.2, -0.15) is 0 Å². The van der Waals surface area contributed by atoms with Gasteiger partial charge in [0.15, 0.2) is 5.79 Å². The summed E-state index contributed by atoms with van der Waals surface area (Å²) in [5, 5.41) is 13.4. The molecule has 7 nitrogen and oxygen atoms in total. The van der Waals surface area contributed by atoms with Crippen LogP contribution in [0.3, 0.4) is 0 Å². The molecule has 2 rings (SSSR count). The van der Waals surface area contributed by atoms with Gasteiger partial charge in [0, 0.05) is 24.2 Å². The first-order valence-electron chi connectivity index (χ1n) is 6.63. The van der Waals surface area contributed by atoms with Crippen LogP contribution in [0.4, 0.5) is 5.69 Å². The van der Waals surface area contributed by atoms with E-state index in [9.17, 15) is 14.9 Å². The topological polar surface area (TPSA) is 90.7 Å². The molecule has 1 aliphatic heterocycles. The summed E-state index contributed by atoms with van der Waals surface area (Å²) in [5.41, 5.74) is 0.947. The minimum Gasteiger partial charge on any atom is -0.349 e. The van der Waals surface area contributed by atoms with E-state index in [0.717, 1.165) is 0 Å². The van der Waals surface area contributed by atoms with E-state index in [1.54, 1.807) is 6.92 Å². The molecule has 1 unspecified atom stereocenters. The first kappa shape index (κ1) is 15.4. The molecule has 0 aromatic heterocycles. The van der Waals surface area contributed by atoms with Crippen molar-refractivity contribution in [3.8, 4) is 0 Å². The van der Waals surface area contributed by atoms with Crippen molar-refractivity contribution in [1.82, 2.24) is 5.32 Å². The molecule has 1 saturated heterocycles. The maximum Gasteiger partial charge on any atom is 0.269 e. The molecule has 0 radical (unpaired) electrons. The number of carbonyl (C=O) groups excluding carboxylic acids is 1. The van der Waals surface area contributed by atoms with Gasteiger partial charge < -0.3 is 14.8 Å². The Balaban J connectivity index is 1.96. The average molecular weight is 294 g/mol. The van der Waals surface area contributed by atoms with Crippen LogP contribution in [0.25, 0.3) is 0 Å². The van der Waals surface area contributed by atoms with Crippen molar-refractivity contribution in [3.05, 3.63) is 39.4 Å². The van der Waals surface area contributed by atoms with Crippen molar-refractivity contribution in [2.45, 2.75) is 32.7 Å². The van der Waals surface area contributed by atoms with E-state index in [1.165, 1.54) is 18.2 Å². The van der Waals surface area contributed by atoms with Crippen LogP contribution in [-0.4, -0.2) is 35.9 Å². The van der Waals surface area contributed by atoms with Crippen molar-refractivity contribution in [2.75, 3.05) is 13.2 Å². The van der Waals surface area contributed by atoms with Crippen molar-refractivity contribution >= 4 is 11.6 Å². The third-order valence-corrected chi connectivity index (χ3v) is 3.22. The number of carbonyl (C=O) groups is 1. The summed E-state index contributed by atoms with van der Waals surface area (Å²) in [5.74, 6) is -0.908. The number of aryl methyl sites for hydroxylation is 1. The van der Waals surface area contributed by atoms with Crippen LogP contribution in [0.15, 0.2) is 18.2 Å². The van der Waals surface area contributed by atoms with E-state index in [2.05, 4.69) is 5.32 Å². The lowest BCUT2D eigenvalue weighted by Crippen LogP contribution is -2.34. The summed E-state index contributed by atoms with van der Waals surface area (Å²) in [6.07, 6.45) is -0.192. The van der Waals surface area contributed by atoms with Crippen LogP contribution in [0.2, 0.25) is 0 Å². The van der Waals surface area contributed by atoms with E-state index in [1.807, 2.05) is 13.8 Å². The number of ether oxygens (including phenoxy) is 2. The number of non-ortho nitro benzene ring substituents is 1. The van der Waals surface area contributed by atoms with Gasteiger partial charge in [0.05, 0.1) is 11.5 Å². The SMILES string of the molecule is Cc1cc([N+](=O)[O-])ccc1C(=O)NCC1COC(C)(C)O1. The molecule has 1 heterocycles. The van der Waals surface area contributed by atoms with Gasteiger partial charge in [0.25, 0.3) is 11.6 Å². The molecule has 1 aliphatic rings. The Kier molecular flexibility index (Phi) is 4.24. The molecule has 1 amide bonds. The van der Waals surface area contributed by atoms with Crippen LogP contribution in [0.5, 0.6) is 0 Å². The van der Waals surface area contributed by atoms with Crippen LogP contribution in [-0.2, 0) is 9.47 Å². The monoisotopic (exact) mass is 294 g/mol. The number of rotatable bonds is 4. The lowest BCUT2D eigenvalue weighted by atomic mass is 10.1. The van der Waals surface area contributed by atoms with Crippen LogP contribution >= 0.6 is 0 Å². The fourth-order valence-electron chi connectivity index (χ4n) is 2.18. The highest BCUT2D eigenvalue weighted by atomic mass is 16.7. The molecule has 0 bridgehead atoms. The highest BCUT2D eigenvalue weighted by Gasteiger charge is 2.32. The number of amides is 1. The number of nitro groups is 1. The second-order valence-corrected chi connectivity index (χ2v) is 5.42. The molecule has 0 spiro atoms. The normalized spacial score (nSPS) is 20.2. The summed E-state index contributed by atoms with van der Waals surface area (Å²) in [6.45, 7) is 6.05. The van der Waals surface area contributed by atoms with Crippen LogP contribution < -0.4 is 5.32 Å². The van der Waals surface area contributed by atoms with E-state index in [-0.39, 0.29) is 17.7 Å². The van der Waals surface area contributed by atoms with Gasteiger partial charge in [-0.15, -0.1) is 0 Å². The minimum absolute atomic E-state index is 0.0293. The second kappa shape index (κ2) is 5.79. The maximum absolute atomic E-state index is 12.1. The predicted octanol–water partition coefficient (Wildman–Crippen LogP) is 1.78. The largest absolute Gasteiger partial charge is 0.349 e. The summed E-state index contributed by atoms with van der Waals surface area (Å²) >= 11 is 0.